The lowest BCUT2D eigenvalue weighted by atomic mass is 10.1. The molecule has 2 nitrogen and oxygen atoms in total. The smallest absolute Gasteiger partial charge is 0.0317 e. The molecule has 0 amide bonds. The Balaban J connectivity index is 2.00. The van der Waals surface area contributed by atoms with Crippen LogP contribution in [0.2, 0.25) is 0 Å². The molecule has 0 atom stereocenters. The summed E-state index contributed by atoms with van der Waals surface area (Å²) >= 11 is 0. The van der Waals surface area contributed by atoms with Crippen molar-refractivity contribution >= 4 is 5.69 Å². The van der Waals surface area contributed by atoms with E-state index in [2.05, 4.69) is 24.0 Å². The summed E-state index contributed by atoms with van der Waals surface area (Å²) < 4.78 is 0. The van der Waals surface area contributed by atoms with Crippen molar-refractivity contribution in [3.63, 3.8) is 0 Å². The van der Waals surface area contributed by atoms with Crippen molar-refractivity contribution in [2.24, 2.45) is 0 Å². The van der Waals surface area contributed by atoms with E-state index in [1.807, 2.05) is 12.1 Å². The van der Waals surface area contributed by atoms with Crippen LogP contribution < -0.4 is 5.73 Å². The molecule has 0 aliphatic heterocycles. The average molecular weight is 218 g/mol. The third-order valence-corrected chi connectivity index (χ3v) is 3.58. The SMILES string of the molecule is CCN(Cc1cccc(N)c1)C1CCCC1. The highest BCUT2D eigenvalue weighted by Gasteiger charge is 2.21. The third kappa shape index (κ3) is 2.76. The molecule has 1 aliphatic rings. The van der Waals surface area contributed by atoms with E-state index in [1.165, 1.54) is 31.2 Å². The second kappa shape index (κ2) is 5.35. The summed E-state index contributed by atoms with van der Waals surface area (Å²) in [5, 5.41) is 0. The molecule has 0 unspecified atom stereocenters. The zero-order valence-electron chi connectivity index (χ0n) is 10.2. The van der Waals surface area contributed by atoms with Crippen molar-refractivity contribution in [2.75, 3.05) is 12.3 Å². The molecule has 2 N–H and O–H groups in total. The molecule has 0 bridgehead atoms. The largest absolute Gasteiger partial charge is 0.399 e. The molecule has 0 heterocycles. The van der Waals surface area contributed by atoms with Crippen LogP contribution in [0.3, 0.4) is 0 Å². The number of rotatable bonds is 4. The van der Waals surface area contributed by atoms with Crippen molar-refractivity contribution < 1.29 is 0 Å². The summed E-state index contributed by atoms with van der Waals surface area (Å²) in [5.41, 5.74) is 8.03. The maximum Gasteiger partial charge on any atom is 0.0317 e. The summed E-state index contributed by atoms with van der Waals surface area (Å²) in [6, 6.07) is 9.07. The zero-order chi connectivity index (χ0) is 11.4. The lowest BCUT2D eigenvalue weighted by Crippen LogP contribution is -2.32. The minimum Gasteiger partial charge on any atom is -0.399 e. The van der Waals surface area contributed by atoms with Gasteiger partial charge >= 0.3 is 0 Å². The maximum atomic E-state index is 5.81. The lowest BCUT2D eigenvalue weighted by molar-refractivity contribution is 0.200. The Hall–Kier alpha value is -1.02. The topological polar surface area (TPSA) is 29.3 Å². The highest BCUT2D eigenvalue weighted by molar-refractivity contribution is 5.40. The van der Waals surface area contributed by atoms with Crippen molar-refractivity contribution in [2.45, 2.75) is 45.2 Å². The van der Waals surface area contributed by atoms with E-state index in [0.29, 0.717) is 0 Å². The monoisotopic (exact) mass is 218 g/mol. The first-order valence-electron chi connectivity index (χ1n) is 6.38. The molecule has 0 radical (unpaired) electrons. The molecular formula is C14H22N2. The molecule has 0 aromatic heterocycles. The first kappa shape index (κ1) is 11.5. The second-order valence-corrected chi connectivity index (χ2v) is 4.75. The number of anilines is 1. The van der Waals surface area contributed by atoms with Gasteiger partial charge in [0.25, 0.3) is 0 Å². The molecule has 1 aliphatic carbocycles. The van der Waals surface area contributed by atoms with Crippen molar-refractivity contribution in [1.82, 2.24) is 4.90 Å². The quantitative estimate of drug-likeness (QED) is 0.787. The number of nitrogens with zero attached hydrogens (tertiary/aromatic N) is 1. The summed E-state index contributed by atoms with van der Waals surface area (Å²) in [7, 11) is 0. The Bertz CT molecular complexity index is 329. The van der Waals surface area contributed by atoms with Crippen LogP contribution in [0.15, 0.2) is 24.3 Å². The maximum absolute atomic E-state index is 5.81. The Labute approximate surface area is 98.4 Å². The van der Waals surface area contributed by atoms with Gasteiger partial charge in [-0.05, 0) is 37.1 Å². The van der Waals surface area contributed by atoms with Gasteiger partial charge in [0.2, 0.25) is 0 Å². The van der Waals surface area contributed by atoms with Gasteiger partial charge in [-0.2, -0.15) is 0 Å². The number of benzene rings is 1. The number of hydrogen-bond acceptors (Lipinski definition) is 2. The minimum atomic E-state index is 0.798. The highest BCUT2D eigenvalue weighted by Crippen LogP contribution is 2.24. The Morgan fingerprint density at radius 2 is 2.06 bits per heavy atom. The summed E-state index contributed by atoms with van der Waals surface area (Å²) in [5.74, 6) is 0. The van der Waals surface area contributed by atoms with Gasteiger partial charge < -0.3 is 5.73 Å². The second-order valence-electron chi connectivity index (χ2n) is 4.75. The van der Waals surface area contributed by atoms with Gasteiger partial charge in [0.15, 0.2) is 0 Å². The van der Waals surface area contributed by atoms with Crippen LogP contribution in [0.25, 0.3) is 0 Å². The predicted octanol–water partition coefficient (Wildman–Crippen LogP) is 3.03. The van der Waals surface area contributed by atoms with Crippen molar-refractivity contribution in [3.05, 3.63) is 29.8 Å². The van der Waals surface area contributed by atoms with Gasteiger partial charge in [-0.15, -0.1) is 0 Å². The fourth-order valence-corrected chi connectivity index (χ4v) is 2.69. The average Bonchev–Trinajstić information content (AvgIpc) is 2.79. The van der Waals surface area contributed by atoms with Gasteiger partial charge in [0.05, 0.1) is 0 Å². The van der Waals surface area contributed by atoms with Gasteiger partial charge in [-0.25, -0.2) is 0 Å². The first-order chi connectivity index (χ1) is 7.79. The van der Waals surface area contributed by atoms with Crippen molar-refractivity contribution in [3.8, 4) is 0 Å². The minimum absolute atomic E-state index is 0.798. The normalized spacial score (nSPS) is 17.1. The summed E-state index contributed by atoms with van der Waals surface area (Å²) in [6.45, 7) is 4.44. The summed E-state index contributed by atoms with van der Waals surface area (Å²) in [4.78, 5) is 2.59. The van der Waals surface area contributed by atoms with Crippen LogP contribution in [0.5, 0.6) is 0 Å². The molecule has 2 heteroatoms. The van der Waals surface area contributed by atoms with E-state index in [9.17, 15) is 0 Å². The van der Waals surface area contributed by atoms with Gasteiger partial charge in [-0.3, -0.25) is 4.90 Å². The van der Waals surface area contributed by atoms with Crippen LogP contribution in [0.4, 0.5) is 5.69 Å². The summed E-state index contributed by atoms with van der Waals surface area (Å²) in [6.07, 6.45) is 5.54. The fraction of sp³-hybridized carbons (Fsp3) is 0.571. The van der Waals surface area contributed by atoms with E-state index >= 15 is 0 Å². The number of nitrogen functional groups attached to an aromatic ring is 1. The van der Waals surface area contributed by atoms with Gasteiger partial charge in [0, 0.05) is 18.3 Å². The Morgan fingerprint density at radius 3 is 2.69 bits per heavy atom. The zero-order valence-corrected chi connectivity index (χ0v) is 10.2. The standard InChI is InChI=1S/C14H22N2/c1-2-16(14-8-3-4-9-14)11-12-6-5-7-13(15)10-12/h5-7,10,14H,2-4,8-9,11,15H2,1H3. The molecule has 1 aromatic carbocycles. The van der Waals surface area contributed by atoms with Gasteiger partial charge in [0.1, 0.15) is 0 Å². The lowest BCUT2D eigenvalue weighted by Gasteiger charge is -2.27. The molecule has 88 valence electrons. The van der Waals surface area contributed by atoms with Gasteiger partial charge in [-0.1, -0.05) is 31.9 Å². The fourth-order valence-electron chi connectivity index (χ4n) is 2.69. The highest BCUT2D eigenvalue weighted by atomic mass is 15.1. The van der Waals surface area contributed by atoms with Crippen LogP contribution in [0.1, 0.15) is 38.2 Å². The van der Waals surface area contributed by atoms with Crippen molar-refractivity contribution in [1.29, 1.82) is 0 Å². The predicted molar refractivity (Wildman–Crippen MR) is 69.2 cm³/mol. The Kier molecular flexibility index (Phi) is 3.83. The number of nitrogens with two attached hydrogens (primary N) is 1. The van der Waals surface area contributed by atoms with E-state index in [-0.39, 0.29) is 0 Å². The molecule has 0 saturated heterocycles. The van der Waals surface area contributed by atoms with E-state index < -0.39 is 0 Å². The van der Waals surface area contributed by atoms with E-state index in [1.54, 1.807) is 0 Å². The van der Waals surface area contributed by atoms with E-state index in [4.69, 9.17) is 5.73 Å². The molecule has 16 heavy (non-hydrogen) atoms. The molecule has 2 rings (SSSR count). The third-order valence-electron chi connectivity index (χ3n) is 3.58. The molecular weight excluding hydrogens is 196 g/mol. The van der Waals surface area contributed by atoms with Crippen LogP contribution in [-0.2, 0) is 6.54 Å². The molecule has 1 fully saturated rings. The molecule has 0 spiro atoms. The first-order valence-corrected chi connectivity index (χ1v) is 6.38. The number of hydrogen-bond donors (Lipinski definition) is 1. The van der Waals surface area contributed by atoms with Crippen LogP contribution in [-0.4, -0.2) is 17.5 Å². The van der Waals surface area contributed by atoms with Crippen LogP contribution >= 0.6 is 0 Å². The molecule has 1 saturated carbocycles. The van der Waals surface area contributed by atoms with E-state index in [0.717, 1.165) is 24.8 Å². The Morgan fingerprint density at radius 1 is 1.31 bits per heavy atom. The molecule has 1 aromatic rings. The van der Waals surface area contributed by atoms with Crippen LogP contribution in [0, 0.1) is 0 Å².